The quantitative estimate of drug-likeness (QED) is 0.564. The molecule has 4 rings (SSSR count). The Hall–Kier alpha value is -3.68. The van der Waals surface area contributed by atoms with Crippen LogP contribution < -0.4 is 5.32 Å². The number of hydrogen-bond acceptors (Lipinski definition) is 7. The van der Waals surface area contributed by atoms with Gasteiger partial charge in [-0.15, -0.1) is 0 Å². The van der Waals surface area contributed by atoms with Gasteiger partial charge in [-0.05, 0) is 31.5 Å². The number of rotatable bonds is 5. The van der Waals surface area contributed by atoms with Gasteiger partial charge in [-0.2, -0.15) is 0 Å². The zero-order valence-electron chi connectivity index (χ0n) is 15.3. The van der Waals surface area contributed by atoms with Crippen molar-refractivity contribution in [2.45, 2.75) is 20.4 Å². The van der Waals surface area contributed by atoms with Crippen molar-refractivity contribution in [1.29, 1.82) is 0 Å². The van der Waals surface area contributed by atoms with Gasteiger partial charge >= 0.3 is 0 Å². The molecule has 0 unspecified atom stereocenters. The molecule has 0 atom stereocenters. The highest BCUT2D eigenvalue weighted by molar-refractivity contribution is 5.76. The van der Waals surface area contributed by atoms with E-state index in [1.54, 1.807) is 24.7 Å². The summed E-state index contributed by atoms with van der Waals surface area (Å²) in [5.74, 6) is 0.653. The minimum atomic E-state index is -0.285. The van der Waals surface area contributed by atoms with Crippen molar-refractivity contribution in [2.75, 3.05) is 5.32 Å². The van der Waals surface area contributed by atoms with Gasteiger partial charge in [-0.25, -0.2) is 14.4 Å². The SMILES string of the molecule is Cc1cnc(-c2nc(NCc3cccc(F)c3)ncc2-c2cc(C)no2)cn1. The number of nitrogens with one attached hydrogen (secondary N) is 1. The Bertz CT molecular complexity index is 1110. The van der Waals surface area contributed by atoms with Crippen LogP contribution in [-0.4, -0.2) is 25.1 Å². The Labute approximate surface area is 160 Å². The first-order valence-corrected chi connectivity index (χ1v) is 8.66. The van der Waals surface area contributed by atoms with E-state index in [2.05, 4.69) is 30.4 Å². The van der Waals surface area contributed by atoms with Crippen molar-refractivity contribution in [3.8, 4) is 22.7 Å². The maximum Gasteiger partial charge on any atom is 0.223 e. The van der Waals surface area contributed by atoms with Gasteiger partial charge in [0.05, 0.1) is 23.1 Å². The topological polar surface area (TPSA) is 89.6 Å². The van der Waals surface area contributed by atoms with Crippen LogP contribution in [0.4, 0.5) is 10.3 Å². The average molecular weight is 376 g/mol. The van der Waals surface area contributed by atoms with Gasteiger partial charge in [0.15, 0.2) is 5.76 Å². The van der Waals surface area contributed by atoms with E-state index in [9.17, 15) is 4.39 Å². The second-order valence-corrected chi connectivity index (χ2v) is 6.31. The molecule has 0 aliphatic carbocycles. The maximum atomic E-state index is 13.4. The van der Waals surface area contributed by atoms with Gasteiger partial charge < -0.3 is 9.84 Å². The van der Waals surface area contributed by atoms with Crippen LogP contribution in [0.15, 0.2) is 53.4 Å². The summed E-state index contributed by atoms with van der Waals surface area (Å²) in [6.45, 7) is 4.09. The Kier molecular flexibility index (Phi) is 4.76. The van der Waals surface area contributed by atoms with Crippen LogP contribution in [0.25, 0.3) is 22.7 Å². The molecule has 1 aromatic carbocycles. The van der Waals surface area contributed by atoms with E-state index in [4.69, 9.17) is 4.52 Å². The summed E-state index contributed by atoms with van der Waals surface area (Å²) in [5, 5.41) is 7.04. The van der Waals surface area contributed by atoms with Crippen molar-refractivity contribution in [1.82, 2.24) is 25.1 Å². The molecule has 0 aliphatic rings. The molecular formula is C20H17FN6O. The molecule has 8 heteroatoms. The summed E-state index contributed by atoms with van der Waals surface area (Å²) < 4.78 is 18.7. The van der Waals surface area contributed by atoms with Gasteiger partial charge in [0.1, 0.15) is 17.2 Å². The van der Waals surface area contributed by atoms with Crippen molar-refractivity contribution in [3.63, 3.8) is 0 Å². The van der Waals surface area contributed by atoms with Crippen molar-refractivity contribution < 1.29 is 8.91 Å². The van der Waals surface area contributed by atoms with Crippen molar-refractivity contribution in [3.05, 3.63) is 71.7 Å². The highest BCUT2D eigenvalue weighted by Gasteiger charge is 2.16. The summed E-state index contributed by atoms with van der Waals surface area (Å²) in [6.07, 6.45) is 4.98. The largest absolute Gasteiger partial charge is 0.356 e. The second-order valence-electron chi connectivity index (χ2n) is 6.31. The van der Waals surface area contributed by atoms with Crippen LogP contribution in [0.3, 0.4) is 0 Å². The molecule has 1 N–H and O–H groups in total. The fourth-order valence-corrected chi connectivity index (χ4v) is 2.68. The molecule has 140 valence electrons. The van der Waals surface area contributed by atoms with E-state index < -0.39 is 0 Å². The molecule has 0 saturated carbocycles. The summed E-state index contributed by atoms with van der Waals surface area (Å²) >= 11 is 0. The normalized spacial score (nSPS) is 10.8. The highest BCUT2D eigenvalue weighted by atomic mass is 19.1. The molecule has 0 spiro atoms. The Morgan fingerprint density at radius 3 is 2.61 bits per heavy atom. The van der Waals surface area contributed by atoms with Gasteiger partial charge in [0.2, 0.25) is 5.95 Å². The van der Waals surface area contributed by atoms with Gasteiger partial charge in [-0.1, -0.05) is 17.3 Å². The summed E-state index contributed by atoms with van der Waals surface area (Å²) in [4.78, 5) is 17.7. The molecule has 28 heavy (non-hydrogen) atoms. The fourth-order valence-electron chi connectivity index (χ4n) is 2.68. The minimum absolute atomic E-state index is 0.285. The standard InChI is InChI=1S/C20H17FN6O/c1-12-6-18(28-27-12)16-10-25-20(24-9-14-4-3-5-15(21)7-14)26-19(16)17-11-22-13(2)8-23-17/h3-8,10-11H,9H2,1-2H3,(H,24,25,26). The number of anilines is 1. The number of nitrogens with zero attached hydrogens (tertiary/aromatic N) is 5. The Morgan fingerprint density at radius 2 is 1.89 bits per heavy atom. The lowest BCUT2D eigenvalue weighted by Gasteiger charge is -2.10. The third-order valence-corrected chi connectivity index (χ3v) is 4.05. The third-order valence-electron chi connectivity index (χ3n) is 4.05. The highest BCUT2D eigenvalue weighted by Crippen LogP contribution is 2.30. The lowest BCUT2D eigenvalue weighted by Crippen LogP contribution is -2.05. The zero-order chi connectivity index (χ0) is 19.5. The monoisotopic (exact) mass is 376 g/mol. The zero-order valence-corrected chi connectivity index (χ0v) is 15.3. The molecule has 0 saturated heterocycles. The maximum absolute atomic E-state index is 13.4. The number of hydrogen-bond donors (Lipinski definition) is 1. The number of halogens is 1. The Balaban J connectivity index is 1.69. The molecule has 0 aliphatic heterocycles. The summed E-state index contributed by atoms with van der Waals surface area (Å²) in [7, 11) is 0. The second kappa shape index (κ2) is 7.51. The van der Waals surface area contributed by atoms with Gasteiger partial charge in [0.25, 0.3) is 0 Å². The van der Waals surface area contributed by atoms with E-state index in [0.29, 0.717) is 35.2 Å². The molecule has 0 amide bonds. The Morgan fingerprint density at radius 1 is 1.00 bits per heavy atom. The van der Waals surface area contributed by atoms with Crippen LogP contribution in [0, 0.1) is 19.7 Å². The van der Waals surface area contributed by atoms with Crippen molar-refractivity contribution >= 4 is 5.95 Å². The van der Waals surface area contributed by atoms with Crippen LogP contribution in [-0.2, 0) is 6.54 Å². The molecule has 3 heterocycles. The van der Waals surface area contributed by atoms with E-state index >= 15 is 0 Å². The van der Waals surface area contributed by atoms with E-state index in [1.807, 2.05) is 26.0 Å². The third kappa shape index (κ3) is 3.85. The fraction of sp³-hybridized carbons (Fsp3) is 0.150. The average Bonchev–Trinajstić information content (AvgIpc) is 3.13. The first-order valence-electron chi connectivity index (χ1n) is 8.66. The molecule has 0 bridgehead atoms. The van der Waals surface area contributed by atoms with Crippen LogP contribution >= 0.6 is 0 Å². The summed E-state index contributed by atoms with van der Waals surface area (Å²) in [5.41, 5.74) is 4.17. The molecule has 3 aromatic heterocycles. The molecular weight excluding hydrogens is 359 g/mol. The van der Waals surface area contributed by atoms with E-state index in [-0.39, 0.29) is 5.82 Å². The summed E-state index contributed by atoms with van der Waals surface area (Å²) in [6, 6.07) is 8.17. The van der Waals surface area contributed by atoms with Crippen molar-refractivity contribution in [2.24, 2.45) is 0 Å². The molecule has 0 radical (unpaired) electrons. The molecule has 7 nitrogen and oxygen atoms in total. The first-order chi connectivity index (χ1) is 13.6. The lowest BCUT2D eigenvalue weighted by atomic mass is 10.1. The molecule has 4 aromatic rings. The molecule has 0 fully saturated rings. The lowest BCUT2D eigenvalue weighted by molar-refractivity contribution is 0.427. The minimum Gasteiger partial charge on any atom is -0.356 e. The van der Waals surface area contributed by atoms with E-state index in [1.165, 1.54) is 12.1 Å². The predicted octanol–water partition coefficient (Wildman–Crippen LogP) is 3.96. The predicted molar refractivity (Wildman–Crippen MR) is 102 cm³/mol. The van der Waals surface area contributed by atoms with E-state index in [0.717, 1.165) is 17.0 Å². The van der Waals surface area contributed by atoms with Gasteiger partial charge in [0, 0.05) is 25.0 Å². The van der Waals surface area contributed by atoms with Crippen LogP contribution in [0.5, 0.6) is 0 Å². The number of benzene rings is 1. The van der Waals surface area contributed by atoms with Crippen LogP contribution in [0.2, 0.25) is 0 Å². The number of aryl methyl sites for hydroxylation is 2. The van der Waals surface area contributed by atoms with Crippen LogP contribution in [0.1, 0.15) is 17.0 Å². The number of aromatic nitrogens is 5. The first kappa shape index (κ1) is 17.7. The smallest absolute Gasteiger partial charge is 0.223 e. The van der Waals surface area contributed by atoms with Gasteiger partial charge in [-0.3, -0.25) is 9.97 Å².